The molecule has 0 atom stereocenters. The zero-order valence-electron chi connectivity index (χ0n) is 12.3. The largest absolute Gasteiger partial charge is 0.481 e. The van der Waals surface area contributed by atoms with Gasteiger partial charge in [-0.1, -0.05) is 18.7 Å². The van der Waals surface area contributed by atoms with Gasteiger partial charge in [-0.15, -0.1) is 10.2 Å². The van der Waals surface area contributed by atoms with Gasteiger partial charge in [0.1, 0.15) is 5.82 Å². The smallest absolute Gasteiger partial charge is 0.313 e. The Labute approximate surface area is 123 Å². The molecule has 0 aliphatic heterocycles. The second-order valence-corrected chi connectivity index (χ2v) is 5.66. The van der Waals surface area contributed by atoms with Gasteiger partial charge in [0.05, 0.1) is 11.9 Å². The molecule has 0 amide bonds. The van der Waals surface area contributed by atoms with Crippen LogP contribution in [-0.2, 0) is 22.5 Å². The standard InChI is InChI=1S/C13H23N3O3S/c1-4-11-14-15-13(20-9-12(17)18)16(11)7-5-6-8-19-10(2)3/h10H,4-9H2,1-3H3,(H,17,18). The number of nitrogens with zero attached hydrogens (tertiary/aromatic N) is 3. The van der Waals surface area contributed by atoms with Crippen LogP contribution in [0.1, 0.15) is 39.4 Å². The molecular weight excluding hydrogens is 278 g/mol. The Hall–Kier alpha value is -1.08. The van der Waals surface area contributed by atoms with Crippen LogP contribution in [0.2, 0.25) is 0 Å². The number of aliphatic carboxylic acids is 1. The van der Waals surface area contributed by atoms with Crippen LogP contribution < -0.4 is 0 Å². The molecule has 0 bridgehead atoms. The Balaban J connectivity index is 2.48. The first-order chi connectivity index (χ1) is 9.54. The summed E-state index contributed by atoms with van der Waals surface area (Å²) < 4.78 is 7.52. The highest BCUT2D eigenvalue weighted by Gasteiger charge is 2.12. The van der Waals surface area contributed by atoms with Crippen molar-refractivity contribution in [2.24, 2.45) is 0 Å². The number of aryl methyl sites for hydroxylation is 1. The van der Waals surface area contributed by atoms with E-state index in [2.05, 4.69) is 10.2 Å². The molecule has 1 aromatic rings. The minimum Gasteiger partial charge on any atom is -0.481 e. The van der Waals surface area contributed by atoms with Gasteiger partial charge in [0.25, 0.3) is 0 Å². The summed E-state index contributed by atoms with van der Waals surface area (Å²) in [5.74, 6) is 0.0776. The Bertz CT molecular complexity index is 421. The van der Waals surface area contributed by atoms with Crippen molar-refractivity contribution in [1.82, 2.24) is 14.8 Å². The lowest BCUT2D eigenvalue weighted by molar-refractivity contribution is -0.133. The number of aromatic nitrogens is 3. The van der Waals surface area contributed by atoms with Crippen LogP contribution in [-0.4, -0.2) is 44.3 Å². The van der Waals surface area contributed by atoms with Crippen molar-refractivity contribution in [2.75, 3.05) is 12.4 Å². The number of rotatable bonds is 10. The van der Waals surface area contributed by atoms with Crippen LogP contribution in [0.3, 0.4) is 0 Å². The molecule has 0 fully saturated rings. The molecule has 114 valence electrons. The number of ether oxygens (including phenoxy) is 1. The Kier molecular flexibility index (Phi) is 7.61. The second-order valence-electron chi connectivity index (χ2n) is 4.71. The number of hydrogen-bond acceptors (Lipinski definition) is 5. The van der Waals surface area contributed by atoms with Gasteiger partial charge in [-0.05, 0) is 26.7 Å². The zero-order valence-corrected chi connectivity index (χ0v) is 13.2. The van der Waals surface area contributed by atoms with Gasteiger partial charge in [0.2, 0.25) is 0 Å². The van der Waals surface area contributed by atoms with Gasteiger partial charge in [-0.3, -0.25) is 4.79 Å². The van der Waals surface area contributed by atoms with E-state index in [0.717, 1.165) is 38.2 Å². The fourth-order valence-electron chi connectivity index (χ4n) is 1.73. The predicted molar refractivity (Wildman–Crippen MR) is 78.1 cm³/mol. The van der Waals surface area contributed by atoms with Crippen LogP contribution in [0.25, 0.3) is 0 Å². The van der Waals surface area contributed by atoms with E-state index in [0.29, 0.717) is 5.16 Å². The van der Waals surface area contributed by atoms with Crippen molar-refractivity contribution in [1.29, 1.82) is 0 Å². The summed E-state index contributed by atoms with van der Waals surface area (Å²) in [6.45, 7) is 7.62. The lowest BCUT2D eigenvalue weighted by atomic mass is 10.3. The van der Waals surface area contributed by atoms with E-state index in [1.807, 2.05) is 25.3 Å². The molecule has 6 nitrogen and oxygen atoms in total. The van der Waals surface area contributed by atoms with Crippen molar-refractivity contribution in [3.05, 3.63) is 5.82 Å². The quantitative estimate of drug-likeness (QED) is 0.527. The minimum atomic E-state index is -0.840. The molecule has 0 radical (unpaired) electrons. The molecule has 20 heavy (non-hydrogen) atoms. The molecule has 0 saturated heterocycles. The topological polar surface area (TPSA) is 77.2 Å². The maximum atomic E-state index is 10.6. The first kappa shape index (κ1) is 17.0. The summed E-state index contributed by atoms with van der Waals surface area (Å²) in [5.41, 5.74) is 0. The number of carboxylic acid groups (broad SMARTS) is 1. The van der Waals surface area contributed by atoms with E-state index in [1.165, 1.54) is 11.8 Å². The van der Waals surface area contributed by atoms with E-state index >= 15 is 0 Å². The molecule has 0 unspecified atom stereocenters. The van der Waals surface area contributed by atoms with E-state index < -0.39 is 5.97 Å². The maximum absolute atomic E-state index is 10.6. The van der Waals surface area contributed by atoms with Crippen LogP contribution in [0, 0.1) is 0 Å². The number of thioether (sulfide) groups is 1. The van der Waals surface area contributed by atoms with Crippen molar-refractivity contribution in [3.63, 3.8) is 0 Å². The molecule has 1 aromatic heterocycles. The summed E-state index contributed by atoms with van der Waals surface area (Å²) >= 11 is 1.22. The first-order valence-corrected chi connectivity index (χ1v) is 7.91. The van der Waals surface area contributed by atoms with Gasteiger partial charge in [0.15, 0.2) is 5.16 Å². The molecule has 1 heterocycles. The fraction of sp³-hybridized carbons (Fsp3) is 0.769. The Morgan fingerprint density at radius 2 is 2.15 bits per heavy atom. The van der Waals surface area contributed by atoms with Crippen LogP contribution in [0.15, 0.2) is 5.16 Å². The van der Waals surface area contributed by atoms with Crippen LogP contribution in [0.4, 0.5) is 0 Å². The average molecular weight is 301 g/mol. The predicted octanol–water partition coefficient (Wildman–Crippen LogP) is 2.22. The van der Waals surface area contributed by atoms with Crippen molar-refractivity contribution in [3.8, 4) is 0 Å². The molecule has 7 heteroatoms. The van der Waals surface area contributed by atoms with Gasteiger partial charge in [0, 0.05) is 19.6 Å². The molecule has 0 aliphatic rings. The number of unbranched alkanes of at least 4 members (excludes halogenated alkanes) is 1. The minimum absolute atomic E-state index is 0.0122. The molecule has 0 saturated carbocycles. The van der Waals surface area contributed by atoms with Crippen LogP contribution >= 0.6 is 11.8 Å². The van der Waals surface area contributed by atoms with Gasteiger partial charge >= 0.3 is 5.97 Å². The van der Waals surface area contributed by atoms with E-state index in [4.69, 9.17) is 9.84 Å². The monoisotopic (exact) mass is 301 g/mol. The Morgan fingerprint density at radius 1 is 1.40 bits per heavy atom. The third kappa shape index (κ3) is 5.92. The zero-order chi connectivity index (χ0) is 15.0. The van der Waals surface area contributed by atoms with Crippen molar-refractivity contribution < 1.29 is 14.6 Å². The lowest BCUT2D eigenvalue weighted by Gasteiger charge is -2.10. The number of carbonyl (C=O) groups is 1. The normalized spacial score (nSPS) is 11.2. The SMILES string of the molecule is CCc1nnc(SCC(=O)O)n1CCCCOC(C)C. The van der Waals surface area contributed by atoms with Gasteiger partial charge < -0.3 is 14.4 Å². The van der Waals surface area contributed by atoms with E-state index in [9.17, 15) is 4.79 Å². The molecule has 1 N–H and O–H groups in total. The first-order valence-electron chi connectivity index (χ1n) is 6.92. The maximum Gasteiger partial charge on any atom is 0.313 e. The highest BCUT2D eigenvalue weighted by molar-refractivity contribution is 7.99. The molecule has 0 aromatic carbocycles. The molecule has 0 aliphatic carbocycles. The lowest BCUT2D eigenvalue weighted by Crippen LogP contribution is -2.09. The van der Waals surface area contributed by atoms with Gasteiger partial charge in [-0.2, -0.15) is 0 Å². The van der Waals surface area contributed by atoms with Crippen molar-refractivity contribution >= 4 is 17.7 Å². The van der Waals surface area contributed by atoms with Gasteiger partial charge in [-0.25, -0.2) is 0 Å². The third-order valence-electron chi connectivity index (χ3n) is 2.66. The number of hydrogen-bond donors (Lipinski definition) is 1. The Morgan fingerprint density at radius 3 is 2.75 bits per heavy atom. The molecule has 1 rings (SSSR count). The van der Waals surface area contributed by atoms with Crippen molar-refractivity contribution in [2.45, 2.75) is 57.8 Å². The summed E-state index contributed by atoms with van der Waals surface area (Å²) in [6.07, 6.45) is 3.00. The summed E-state index contributed by atoms with van der Waals surface area (Å²) in [5, 5.41) is 17.6. The summed E-state index contributed by atoms with van der Waals surface area (Å²) in [4.78, 5) is 10.6. The van der Waals surface area contributed by atoms with Crippen LogP contribution in [0.5, 0.6) is 0 Å². The number of carboxylic acids is 1. The fourth-order valence-corrected chi connectivity index (χ4v) is 2.43. The van der Waals surface area contributed by atoms with E-state index in [1.54, 1.807) is 0 Å². The molecular formula is C13H23N3O3S. The second kappa shape index (κ2) is 8.97. The summed E-state index contributed by atoms with van der Waals surface area (Å²) in [6, 6.07) is 0. The third-order valence-corrected chi connectivity index (χ3v) is 3.61. The highest BCUT2D eigenvalue weighted by atomic mass is 32.2. The highest BCUT2D eigenvalue weighted by Crippen LogP contribution is 2.18. The summed E-state index contributed by atoms with van der Waals surface area (Å²) in [7, 11) is 0. The average Bonchev–Trinajstić information content (AvgIpc) is 2.77. The molecule has 0 spiro atoms. The van der Waals surface area contributed by atoms with E-state index in [-0.39, 0.29) is 11.9 Å².